The number of nitrogens with zero attached hydrogens (tertiary/aromatic N) is 1. The van der Waals surface area contributed by atoms with Crippen LogP contribution in [0.1, 0.15) is 19.5 Å². The molecular weight excluding hydrogens is 124 g/mol. The molecule has 2 nitrogen and oxygen atoms in total. The average Bonchev–Trinajstić information content (AvgIpc) is 2.34. The van der Waals surface area contributed by atoms with Gasteiger partial charge in [-0.1, -0.05) is 0 Å². The Labute approximate surface area is 61.0 Å². The highest BCUT2D eigenvalue weighted by molar-refractivity contribution is 5.76. The normalized spacial score (nSPS) is 11.5. The van der Waals surface area contributed by atoms with Crippen LogP contribution >= 0.6 is 0 Å². The minimum atomic E-state index is 0.378. The molecule has 0 bridgehead atoms. The maximum absolute atomic E-state index is 4.21. The quantitative estimate of drug-likeness (QED) is 0.601. The molecule has 0 aliphatic rings. The van der Waals surface area contributed by atoms with Crippen molar-refractivity contribution in [1.82, 2.24) is 4.98 Å². The summed E-state index contributed by atoms with van der Waals surface area (Å²) in [6.07, 6.45) is 3.74. The molecule has 2 heteroatoms. The van der Waals surface area contributed by atoms with Crippen LogP contribution in [0.25, 0.3) is 0 Å². The van der Waals surface area contributed by atoms with Crippen LogP contribution in [0.2, 0.25) is 0 Å². The molecule has 54 valence electrons. The molecule has 0 saturated heterocycles. The van der Waals surface area contributed by atoms with Gasteiger partial charge in [0.15, 0.2) is 0 Å². The minimum Gasteiger partial charge on any atom is -0.360 e. The zero-order valence-corrected chi connectivity index (χ0v) is 6.33. The third-order valence-electron chi connectivity index (χ3n) is 1.13. The molecule has 0 aliphatic heterocycles. The lowest BCUT2D eigenvalue weighted by atomic mass is 10.4. The van der Waals surface area contributed by atoms with E-state index in [4.69, 9.17) is 0 Å². The number of nitrogens with one attached hydrogen (secondary N) is 1. The Hall–Kier alpha value is -1.05. The summed E-state index contributed by atoms with van der Waals surface area (Å²) in [6.45, 7) is 4.11. The summed E-state index contributed by atoms with van der Waals surface area (Å²) in [4.78, 5) is 7.25. The average molecular weight is 136 g/mol. The van der Waals surface area contributed by atoms with Crippen molar-refractivity contribution in [2.45, 2.75) is 19.9 Å². The number of aliphatic imine (C=N–C) groups is 1. The maximum Gasteiger partial charge on any atom is 0.0561 e. The molecule has 0 spiro atoms. The summed E-state index contributed by atoms with van der Waals surface area (Å²) in [5.41, 5.74) is 1.06. The molecule has 0 unspecified atom stereocenters. The van der Waals surface area contributed by atoms with Crippen LogP contribution < -0.4 is 0 Å². The summed E-state index contributed by atoms with van der Waals surface area (Å²) >= 11 is 0. The number of aromatic nitrogens is 1. The molecule has 1 rings (SSSR count). The molecule has 1 N–H and O–H groups in total. The number of hydrogen-bond donors (Lipinski definition) is 1. The van der Waals surface area contributed by atoms with Gasteiger partial charge in [-0.05, 0) is 26.0 Å². The summed E-state index contributed by atoms with van der Waals surface area (Å²) in [6, 6.07) is 4.33. The van der Waals surface area contributed by atoms with E-state index >= 15 is 0 Å². The number of rotatable bonds is 2. The van der Waals surface area contributed by atoms with Gasteiger partial charge in [0.2, 0.25) is 0 Å². The monoisotopic (exact) mass is 136 g/mol. The van der Waals surface area contributed by atoms with Crippen molar-refractivity contribution >= 4 is 6.21 Å². The first-order valence-corrected chi connectivity index (χ1v) is 3.45. The van der Waals surface area contributed by atoms with Crippen LogP contribution in [-0.2, 0) is 0 Å². The van der Waals surface area contributed by atoms with Gasteiger partial charge in [-0.3, -0.25) is 4.99 Å². The summed E-state index contributed by atoms with van der Waals surface area (Å²) in [5, 5.41) is 0. The van der Waals surface area contributed by atoms with Gasteiger partial charge >= 0.3 is 0 Å². The van der Waals surface area contributed by atoms with E-state index in [1.807, 2.05) is 24.5 Å². The fourth-order valence-corrected chi connectivity index (χ4v) is 0.654. The summed E-state index contributed by atoms with van der Waals surface area (Å²) < 4.78 is 0. The van der Waals surface area contributed by atoms with Crippen molar-refractivity contribution in [3.63, 3.8) is 0 Å². The van der Waals surface area contributed by atoms with Gasteiger partial charge in [0.1, 0.15) is 0 Å². The molecule has 0 fully saturated rings. The second-order valence-electron chi connectivity index (χ2n) is 2.50. The van der Waals surface area contributed by atoms with Crippen LogP contribution in [0.4, 0.5) is 0 Å². The summed E-state index contributed by atoms with van der Waals surface area (Å²) in [7, 11) is 0. The van der Waals surface area contributed by atoms with Crippen molar-refractivity contribution in [3.8, 4) is 0 Å². The molecule has 0 atom stereocenters. The topological polar surface area (TPSA) is 28.1 Å². The molecule has 0 radical (unpaired) electrons. The van der Waals surface area contributed by atoms with E-state index in [2.05, 4.69) is 23.8 Å². The zero-order valence-electron chi connectivity index (χ0n) is 6.33. The molecule has 0 saturated carbocycles. The molecule has 0 aromatic carbocycles. The van der Waals surface area contributed by atoms with Crippen LogP contribution in [0.5, 0.6) is 0 Å². The highest BCUT2D eigenvalue weighted by Crippen LogP contribution is 1.91. The van der Waals surface area contributed by atoms with Gasteiger partial charge < -0.3 is 4.98 Å². The number of hydrogen-bond acceptors (Lipinski definition) is 1. The molecular formula is C8H12N2. The largest absolute Gasteiger partial charge is 0.360 e. The SMILES string of the molecule is CC(C)N=Cc1ccc[nH]1. The predicted octanol–water partition coefficient (Wildman–Crippen LogP) is 1.84. The lowest BCUT2D eigenvalue weighted by molar-refractivity contribution is 0.840. The molecule has 0 amide bonds. The fourth-order valence-electron chi connectivity index (χ4n) is 0.654. The van der Waals surface area contributed by atoms with E-state index in [1.54, 1.807) is 0 Å². The van der Waals surface area contributed by atoms with Crippen molar-refractivity contribution < 1.29 is 0 Å². The predicted molar refractivity (Wildman–Crippen MR) is 43.5 cm³/mol. The molecule has 1 aromatic rings. The standard InChI is InChI=1S/C8H12N2/c1-7(2)10-6-8-4-3-5-9-8/h3-7,9H,1-2H3. The van der Waals surface area contributed by atoms with Gasteiger partial charge in [0, 0.05) is 18.5 Å². The molecule has 10 heavy (non-hydrogen) atoms. The third kappa shape index (κ3) is 2.05. The fraction of sp³-hybridized carbons (Fsp3) is 0.375. The molecule has 1 aromatic heterocycles. The van der Waals surface area contributed by atoms with Crippen LogP contribution in [0.15, 0.2) is 23.3 Å². The number of aromatic amines is 1. The van der Waals surface area contributed by atoms with Gasteiger partial charge in [-0.15, -0.1) is 0 Å². The second kappa shape index (κ2) is 3.20. The van der Waals surface area contributed by atoms with Crippen LogP contribution in [0, 0.1) is 0 Å². The van der Waals surface area contributed by atoms with Gasteiger partial charge in [-0.2, -0.15) is 0 Å². The molecule has 0 aliphatic carbocycles. The van der Waals surface area contributed by atoms with Crippen LogP contribution in [-0.4, -0.2) is 17.2 Å². The third-order valence-corrected chi connectivity index (χ3v) is 1.13. The van der Waals surface area contributed by atoms with E-state index in [-0.39, 0.29) is 0 Å². The smallest absolute Gasteiger partial charge is 0.0561 e. The lowest BCUT2D eigenvalue weighted by Crippen LogP contribution is -1.89. The Morgan fingerprint density at radius 2 is 2.40 bits per heavy atom. The second-order valence-corrected chi connectivity index (χ2v) is 2.50. The van der Waals surface area contributed by atoms with E-state index in [0.29, 0.717) is 6.04 Å². The number of H-pyrrole nitrogens is 1. The van der Waals surface area contributed by atoms with E-state index < -0.39 is 0 Å². The van der Waals surface area contributed by atoms with E-state index in [0.717, 1.165) is 5.69 Å². The Balaban J connectivity index is 2.55. The first kappa shape index (κ1) is 7.06. The van der Waals surface area contributed by atoms with Crippen molar-refractivity contribution in [2.24, 2.45) is 4.99 Å². The van der Waals surface area contributed by atoms with Crippen LogP contribution in [0.3, 0.4) is 0 Å². The Morgan fingerprint density at radius 3 is 2.90 bits per heavy atom. The first-order chi connectivity index (χ1) is 4.79. The lowest BCUT2D eigenvalue weighted by Gasteiger charge is -1.91. The van der Waals surface area contributed by atoms with Crippen molar-refractivity contribution in [3.05, 3.63) is 24.0 Å². The molecule has 1 heterocycles. The van der Waals surface area contributed by atoms with E-state index in [1.165, 1.54) is 0 Å². The summed E-state index contributed by atoms with van der Waals surface area (Å²) in [5.74, 6) is 0. The van der Waals surface area contributed by atoms with Gasteiger partial charge in [-0.25, -0.2) is 0 Å². The van der Waals surface area contributed by atoms with Crippen molar-refractivity contribution in [1.29, 1.82) is 0 Å². The van der Waals surface area contributed by atoms with Gasteiger partial charge in [0.25, 0.3) is 0 Å². The Bertz CT molecular complexity index is 197. The minimum absolute atomic E-state index is 0.378. The Kier molecular flexibility index (Phi) is 2.26. The maximum atomic E-state index is 4.21. The highest BCUT2D eigenvalue weighted by Gasteiger charge is 1.86. The van der Waals surface area contributed by atoms with E-state index in [9.17, 15) is 0 Å². The Morgan fingerprint density at radius 1 is 1.60 bits per heavy atom. The van der Waals surface area contributed by atoms with Gasteiger partial charge in [0.05, 0.1) is 5.69 Å². The zero-order chi connectivity index (χ0) is 7.40. The highest BCUT2D eigenvalue weighted by atomic mass is 14.8. The van der Waals surface area contributed by atoms with Crippen molar-refractivity contribution in [2.75, 3.05) is 0 Å². The first-order valence-electron chi connectivity index (χ1n) is 3.45.